The zero-order valence-electron chi connectivity index (χ0n) is 8.77. The third-order valence-electron chi connectivity index (χ3n) is 2.78. The molecule has 6 heteroatoms. The standard InChI is InChI=1S/C10H14N2O3S/c13-9(14)8-12-7(5-16-8)4-11-6-10(15)2-1-3-10/h5,11,15H,1-4,6H2,(H,13,14). The Bertz CT molecular complexity index is 387. The van der Waals surface area contributed by atoms with Crippen LogP contribution in [-0.2, 0) is 6.54 Å². The van der Waals surface area contributed by atoms with E-state index < -0.39 is 11.6 Å². The summed E-state index contributed by atoms with van der Waals surface area (Å²) in [5.74, 6) is -0.992. The van der Waals surface area contributed by atoms with Crippen LogP contribution in [0.3, 0.4) is 0 Å². The van der Waals surface area contributed by atoms with Crippen molar-refractivity contribution in [3.05, 3.63) is 16.1 Å². The second kappa shape index (κ2) is 4.48. The molecule has 1 fully saturated rings. The number of rotatable bonds is 5. The summed E-state index contributed by atoms with van der Waals surface area (Å²) in [5, 5.41) is 23.4. The fourth-order valence-corrected chi connectivity index (χ4v) is 2.33. The minimum absolute atomic E-state index is 0.110. The smallest absolute Gasteiger partial charge is 0.365 e. The lowest BCUT2D eigenvalue weighted by Crippen LogP contribution is -2.46. The van der Waals surface area contributed by atoms with Crippen LogP contribution in [0.25, 0.3) is 0 Å². The molecule has 1 heterocycles. The molecule has 16 heavy (non-hydrogen) atoms. The van der Waals surface area contributed by atoms with Gasteiger partial charge < -0.3 is 15.5 Å². The lowest BCUT2D eigenvalue weighted by molar-refractivity contribution is -0.0315. The fraction of sp³-hybridized carbons (Fsp3) is 0.600. The van der Waals surface area contributed by atoms with E-state index in [-0.39, 0.29) is 5.01 Å². The topological polar surface area (TPSA) is 82.5 Å². The first kappa shape index (κ1) is 11.5. The monoisotopic (exact) mass is 242 g/mol. The highest BCUT2D eigenvalue weighted by Crippen LogP contribution is 2.30. The fourth-order valence-electron chi connectivity index (χ4n) is 1.67. The number of aromatic carboxylic acids is 1. The number of aliphatic hydroxyl groups is 1. The van der Waals surface area contributed by atoms with Gasteiger partial charge in [-0.2, -0.15) is 0 Å². The van der Waals surface area contributed by atoms with Crippen LogP contribution < -0.4 is 5.32 Å². The number of aromatic nitrogens is 1. The predicted molar refractivity (Wildman–Crippen MR) is 59.6 cm³/mol. The molecule has 0 aromatic carbocycles. The van der Waals surface area contributed by atoms with Crippen LogP contribution in [0.5, 0.6) is 0 Å². The first-order valence-electron chi connectivity index (χ1n) is 5.20. The third-order valence-corrected chi connectivity index (χ3v) is 3.66. The molecule has 1 aromatic heterocycles. The lowest BCUT2D eigenvalue weighted by Gasteiger charge is -2.36. The van der Waals surface area contributed by atoms with Crippen LogP contribution in [0.4, 0.5) is 0 Å². The minimum atomic E-state index is -0.992. The Morgan fingerprint density at radius 3 is 2.88 bits per heavy atom. The van der Waals surface area contributed by atoms with E-state index in [4.69, 9.17) is 5.11 Å². The van der Waals surface area contributed by atoms with Gasteiger partial charge >= 0.3 is 5.97 Å². The molecule has 0 saturated heterocycles. The van der Waals surface area contributed by atoms with Gasteiger partial charge in [-0.15, -0.1) is 11.3 Å². The molecule has 0 radical (unpaired) electrons. The highest BCUT2D eigenvalue weighted by molar-refractivity contribution is 7.11. The van der Waals surface area contributed by atoms with Crippen LogP contribution in [0.2, 0.25) is 0 Å². The SMILES string of the molecule is O=C(O)c1nc(CNCC2(O)CCC2)cs1. The van der Waals surface area contributed by atoms with E-state index in [1.54, 1.807) is 5.38 Å². The van der Waals surface area contributed by atoms with Gasteiger partial charge in [-0.25, -0.2) is 9.78 Å². The van der Waals surface area contributed by atoms with Gasteiger partial charge in [0.05, 0.1) is 11.3 Å². The summed E-state index contributed by atoms with van der Waals surface area (Å²) in [6.45, 7) is 1.05. The molecule has 0 aliphatic heterocycles. The molecule has 1 saturated carbocycles. The molecule has 1 aliphatic carbocycles. The highest BCUT2D eigenvalue weighted by Gasteiger charge is 2.33. The Hall–Kier alpha value is -0.980. The summed E-state index contributed by atoms with van der Waals surface area (Å²) in [5.41, 5.74) is 0.163. The van der Waals surface area contributed by atoms with Crippen molar-refractivity contribution in [1.82, 2.24) is 10.3 Å². The van der Waals surface area contributed by atoms with Gasteiger partial charge in [0, 0.05) is 18.5 Å². The number of hydrogen-bond acceptors (Lipinski definition) is 5. The maximum absolute atomic E-state index is 10.6. The van der Waals surface area contributed by atoms with Crippen molar-refractivity contribution >= 4 is 17.3 Å². The zero-order valence-corrected chi connectivity index (χ0v) is 9.59. The molecule has 1 aliphatic rings. The van der Waals surface area contributed by atoms with Crippen LogP contribution >= 0.6 is 11.3 Å². The number of hydrogen-bond donors (Lipinski definition) is 3. The Balaban J connectivity index is 1.78. The van der Waals surface area contributed by atoms with E-state index in [0.29, 0.717) is 18.8 Å². The minimum Gasteiger partial charge on any atom is -0.476 e. The van der Waals surface area contributed by atoms with Gasteiger partial charge in [-0.3, -0.25) is 0 Å². The summed E-state index contributed by atoms with van der Waals surface area (Å²) >= 11 is 1.12. The molecule has 2 rings (SSSR count). The summed E-state index contributed by atoms with van der Waals surface area (Å²) in [6.07, 6.45) is 2.77. The third kappa shape index (κ3) is 2.58. The van der Waals surface area contributed by atoms with Crippen LogP contribution in [0, 0.1) is 0 Å². The zero-order chi connectivity index (χ0) is 11.6. The van der Waals surface area contributed by atoms with Crippen molar-refractivity contribution in [1.29, 1.82) is 0 Å². The maximum Gasteiger partial charge on any atom is 0.365 e. The molecular formula is C10H14N2O3S. The Morgan fingerprint density at radius 2 is 2.38 bits per heavy atom. The van der Waals surface area contributed by atoms with Crippen molar-refractivity contribution < 1.29 is 15.0 Å². The number of nitrogens with one attached hydrogen (secondary N) is 1. The van der Waals surface area contributed by atoms with Gasteiger partial charge in [0.1, 0.15) is 0 Å². The average Bonchev–Trinajstić information content (AvgIpc) is 2.64. The van der Waals surface area contributed by atoms with Crippen LogP contribution in [-0.4, -0.2) is 33.3 Å². The van der Waals surface area contributed by atoms with E-state index in [2.05, 4.69) is 10.3 Å². The Kier molecular flexibility index (Phi) is 3.22. The lowest BCUT2D eigenvalue weighted by atomic mass is 9.80. The molecule has 3 N–H and O–H groups in total. The predicted octanol–water partition coefficient (Wildman–Crippen LogP) is 0.846. The summed E-state index contributed by atoms with van der Waals surface area (Å²) in [6, 6.07) is 0. The quantitative estimate of drug-likeness (QED) is 0.713. The Morgan fingerprint density at radius 1 is 1.62 bits per heavy atom. The van der Waals surface area contributed by atoms with Gasteiger partial charge in [-0.1, -0.05) is 0 Å². The molecule has 1 aromatic rings. The molecule has 0 unspecified atom stereocenters. The van der Waals surface area contributed by atoms with Crippen molar-refractivity contribution in [3.8, 4) is 0 Å². The Labute approximate surface area is 97.1 Å². The maximum atomic E-state index is 10.6. The molecule has 0 spiro atoms. The summed E-state index contributed by atoms with van der Waals surface area (Å²) < 4.78 is 0. The molecule has 0 amide bonds. The molecular weight excluding hydrogens is 228 g/mol. The molecule has 0 bridgehead atoms. The highest BCUT2D eigenvalue weighted by atomic mass is 32.1. The van der Waals surface area contributed by atoms with E-state index in [1.807, 2.05) is 0 Å². The summed E-state index contributed by atoms with van der Waals surface area (Å²) in [7, 11) is 0. The van der Waals surface area contributed by atoms with Gasteiger partial charge in [0.2, 0.25) is 5.01 Å². The largest absolute Gasteiger partial charge is 0.476 e. The number of carbonyl (C=O) groups is 1. The first-order chi connectivity index (χ1) is 7.59. The van der Waals surface area contributed by atoms with Crippen LogP contribution in [0.1, 0.15) is 34.8 Å². The van der Waals surface area contributed by atoms with Crippen molar-refractivity contribution in [2.45, 2.75) is 31.4 Å². The normalized spacial score (nSPS) is 18.1. The van der Waals surface area contributed by atoms with E-state index in [0.717, 1.165) is 30.6 Å². The second-order valence-corrected chi connectivity index (χ2v) is 4.99. The molecule has 5 nitrogen and oxygen atoms in total. The number of nitrogens with zero attached hydrogens (tertiary/aromatic N) is 1. The number of carboxylic acid groups (broad SMARTS) is 1. The average molecular weight is 242 g/mol. The van der Waals surface area contributed by atoms with Gasteiger partial charge in [0.15, 0.2) is 0 Å². The van der Waals surface area contributed by atoms with E-state index in [9.17, 15) is 9.90 Å². The number of thiazole rings is 1. The van der Waals surface area contributed by atoms with Gasteiger partial charge in [-0.05, 0) is 19.3 Å². The van der Waals surface area contributed by atoms with Crippen molar-refractivity contribution in [2.24, 2.45) is 0 Å². The van der Waals surface area contributed by atoms with E-state index >= 15 is 0 Å². The van der Waals surface area contributed by atoms with Crippen molar-refractivity contribution in [2.75, 3.05) is 6.54 Å². The summed E-state index contributed by atoms with van der Waals surface area (Å²) in [4.78, 5) is 14.5. The van der Waals surface area contributed by atoms with Crippen molar-refractivity contribution in [3.63, 3.8) is 0 Å². The first-order valence-corrected chi connectivity index (χ1v) is 6.08. The molecule has 0 atom stereocenters. The number of carboxylic acids is 1. The molecule has 88 valence electrons. The van der Waals surface area contributed by atoms with E-state index in [1.165, 1.54) is 0 Å². The van der Waals surface area contributed by atoms with Gasteiger partial charge in [0.25, 0.3) is 0 Å². The second-order valence-electron chi connectivity index (χ2n) is 4.13. The van der Waals surface area contributed by atoms with Crippen LogP contribution in [0.15, 0.2) is 5.38 Å².